The van der Waals surface area contributed by atoms with Crippen LogP contribution >= 0.6 is 11.6 Å². The summed E-state index contributed by atoms with van der Waals surface area (Å²) < 4.78 is 5.31. The Balaban J connectivity index is 2.43. The minimum absolute atomic E-state index is 0.0946. The smallest absolute Gasteiger partial charge is 0.303 e. The first-order chi connectivity index (χ1) is 8.50. The SMILES string of the molecule is O=C(O)CCCCOc1ccc([N+](=O)[O-])cc1Cl. The molecule has 0 aliphatic rings. The molecule has 0 unspecified atom stereocenters. The highest BCUT2D eigenvalue weighted by Gasteiger charge is 2.10. The molecule has 18 heavy (non-hydrogen) atoms. The average molecular weight is 274 g/mol. The number of nitrogens with zero attached hydrogens (tertiary/aromatic N) is 1. The molecular formula is C11H12ClNO5. The first kappa shape index (κ1) is 14.2. The number of carboxylic acids is 1. The van der Waals surface area contributed by atoms with Crippen LogP contribution in [-0.2, 0) is 4.79 Å². The van der Waals surface area contributed by atoms with E-state index in [0.29, 0.717) is 25.2 Å². The fourth-order valence-corrected chi connectivity index (χ4v) is 1.51. The van der Waals surface area contributed by atoms with Crippen LogP contribution in [0.5, 0.6) is 5.75 Å². The van der Waals surface area contributed by atoms with Gasteiger partial charge in [0, 0.05) is 18.6 Å². The summed E-state index contributed by atoms with van der Waals surface area (Å²) in [4.78, 5) is 20.2. The Morgan fingerprint density at radius 2 is 2.17 bits per heavy atom. The lowest BCUT2D eigenvalue weighted by atomic mass is 10.2. The molecule has 1 rings (SSSR count). The van der Waals surface area contributed by atoms with Crippen molar-refractivity contribution in [1.82, 2.24) is 0 Å². The van der Waals surface area contributed by atoms with Gasteiger partial charge in [-0.15, -0.1) is 0 Å². The van der Waals surface area contributed by atoms with Crippen LogP contribution in [0.25, 0.3) is 0 Å². The number of carboxylic acid groups (broad SMARTS) is 1. The van der Waals surface area contributed by atoms with Crippen LogP contribution < -0.4 is 4.74 Å². The van der Waals surface area contributed by atoms with Crippen molar-refractivity contribution in [3.63, 3.8) is 0 Å². The van der Waals surface area contributed by atoms with Gasteiger partial charge in [-0.25, -0.2) is 0 Å². The van der Waals surface area contributed by atoms with Gasteiger partial charge >= 0.3 is 5.97 Å². The van der Waals surface area contributed by atoms with Crippen molar-refractivity contribution >= 4 is 23.3 Å². The number of ether oxygens (including phenoxy) is 1. The molecule has 0 saturated heterocycles. The second-order valence-electron chi connectivity index (χ2n) is 3.57. The van der Waals surface area contributed by atoms with E-state index >= 15 is 0 Å². The zero-order valence-corrected chi connectivity index (χ0v) is 10.2. The molecule has 98 valence electrons. The number of benzene rings is 1. The molecule has 1 aromatic rings. The van der Waals surface area contributed by atoms with Gasteiger partial charge in [0.25, 0.3) is 5.69 Å². The number of halogens is 1. The number of aliphatic carboxylic acids is 1. The third-order valence-electron chi connectivity index (χ3n) is 2.17. The van der Waals surface area contributed by atoms with Gasteiger partial charge < -0.3 is 9.84 Å². The Morgan fingerprint density at radius 1 is 1.44 bits per heavy atom. The third-order valence-corrected chi connectivity index (χ3v) is 2.46. The highest BCUT2D eigenvalue weighted by Crippen LogP contribution is 2.28. The van der Waals surface area contributed by atoms with Crippen molar-refractivity contribution < 1.29 is 19.6 Å². The molecule has 1 N–H and O–H groups in total. The molecule has 6 nitrogen and oxygen atoms in total. The highest BCUT2D eigenvalue weighted by atomic mass is 35.5. The zero-order valence-electron chi connectivity index (χ0n) is 9.47. The molecule has 7 heteroatoms. The molecule has 0 atom stereocenters. The van der Waals surface area contributed by atoms with Crippen LogP contribution in [-0.4, -0.2) is 22.6 Å². The minimum atomic E-state index is -0.844. The Morgan fingerprint density at radius 3 is 2.72 bits per heavy atom. The Bertz CT molecular complexity index is 449. The molecular weight excluding hydrogens is 262 g/mol. The molecule has 0 radical (unpaired) electrons. The number of rotatable bonds is 7. The van der Waals surface area contributed by atoms with Gasteiger partial charge in [-0.3, -0.25) is 14.9 Å². The van der Waals surface area contributed by atoms with E-state index in [9.17, 15) is 14.9 Å². The number of nitro groups is 1. The molecule has 0 spiro atoms. The van der Waals surface area contributed by atoms with Crippen LogP contribution in [0.4, 0.5) is 5.69 Å². The van der Waals surface area contributed by atoms with E-state index in [1.807, 2.05) is 0 Å². The lowest BCUT2D eigenvalue weighted by Gasteiger charge is -2.07. The Kier molecular flexibility index (Phi) is 5.38. The minimum Gasteiger partial charge on any atom is -0.492 e. The van der Waals surface area contributed by atoms with E-state index in [2.05, 4.69) is 0 Å². The summed E-state index contributed by atoms with van der Waals surface area (Å²) in [5.74, 6) is -0.485. The summed E-state index contributed by atoms with van der Waals surface area (Å²) in [7, 11) is 0. The maximum absolute atomic E-state index is 10.5. The van der Waals surface area contributed by atoms with Gasteiger partial charge in [0.15, 0.2) is 0 Å². The summed E-state index contributed by atoms with van der Waals surface area (Å²) in [6, 6.07) is 3.95. The maximum Gasteiger partial charge on any atom is 0.303 e. The number of hydrogen-bond acceptors (Lipinski definition) is 4. The van der Waals surface area contributed by atoms with E-state index < -0.39 is 10.9 Å². The molecule has 0 aliphatic heterocycles. The highest BCUT2D eigenvalue weighted by molar-refractivity contribution is 6.32. The van der Waals surface area contributed by atoms with E-state index in [4.69, 9.17) is 21.4 Å². The number of nitro benzene ring substituents is 1. The van der Waals surface area contributed by atoms with Crippen LogP contribution in [0.3, 0.4) is 0 Å². The van der Waals surface area contributed by atoms with E-state index in [0.717, 1.165) is 0 Å². The number of non-ortho nitro benzene ring substituents is 1. The molecule has 0 aromatic heterocycles. The second kappa shape index (κ2) is 6.80. The lowest BCUT2D eigenvalue weighted by molar-refractivity contribution is -0.384. The van der Waals surface area contributed by atoms with Gasteiger partial charge in [-0.05, 0) is 18.9 Å². The van der Waals surface area contributed by atoms with Crippen LogP contribution in [0.15, 0.2) is 18.2 Å². The molecule has 0 fully saturated rings. The lowest BCUT2D eigenvalue weighted by Crippen LogP contribution is -2.01. The Labute approximate surface area is 108 Å². The standard InChI is InChI=1S/C11H12ClNO5/c12-9-7-8(13(16)17)4-5-10(9)18-6-2-1-3-11(14)15/h4-5,7H,1-3,6H2,(H,14,15). The van der Waals surface area contributed by atoms with Crippen LogP contribution in [0.2, 0.25) is 5.02 Å². The number of unbranched alkanes of at least 4 members (excludes halogenated alkanes) is 1. The van der Waals surface area contributed by atoms with Crippen molar-refractivity contribution in [3.8, 4) is 5.75 Å². The summed E-state index contributed by atoms with van der Waals surface area (Å²) in [5, 5.41) is 19.1. The van der Waals surface area contributed by atoms with Gasteiger partial charge in [-0.1, -0.05) is 11.6 Å². The van der Waals surface area contributed by atoms with E-state index in [1.165, 1.54) is 18.2 Å². The zero-order chi connectivity index (χ0) is 13.5. The maximum atomic E-state index is 10.5. The molecule has 0 amide bonds. The topological polar surface area (TPSA) is 89.7 Å². The fourth-order valence-electron chi connectivity index (χ4n) is 1.28. The molecule has 0 bridgehead atoms. The molecule has 0 aliphatic carbocycles. The molecule has 0 heterocycles. The van der Waals surface area contributed by atoms with Crippen molar-refractivity contribution in [2.45, 2.75) is 19.3 Å². The van der Waals surface area contributed by atoms with Crippen molar-refractivity contribution in [1.29, 1.82) is 0 Å². The number of carbonyl (C=O) groups is 1. The van der Waals surface area contributed by atoms with Gasteiger partial charge in [0.05, 0.1) is 16.6 Å². The second-order valence-corrected chi connectivity index (χ2v) is 3.98. The van der Waals surface area contributed by atoms with Crippen molar-refractivity contribution in [3.05, 3.63) is 33.3 Å². The summed E-state index contributed by atoms with van der Waals surface area (Å²) in [5.41, 5.74) is -0.0989. The van der Waals surface area contributed by atoms with Crippen molar-refractivity contribution in [2.24, 2.45) is 0 Å². The monoisotopic (exact) mass is 273 g/mol. The van der Waals surface area contributed by atoms with E-state index in [1.54, 1.807) is 0 Å². The average Bonchev–Trinajstić information content (AvgIpc) is 2.29. The normalized spacial score (nSPS) is 10.1. The van der Waals surface area contributed by atoms with E-state index in [-0.39, 0.29) is 17.1 Å². The quantitative estimate of drug-likeness (QED) is 0.469. The van der Waals surface area contributed by atoms with Gasteiger partial charge in [-0.2, -0.15) is 0 Å². The Hall–Kier alpha value is -1.82. The third kappa shape index (κ3) is 4.58. The largest absolute Gasteiger partial charge is 0.492 e. The van der Waals surface area contributed by atoms with Crippen LogP contribution in [0.1, 0.15) is 19.3 Å². The first-order valence-corrected chi connectivity index (χ1v) is 5.67. The molecule has 0 saturated carbocycles. The molecule has 1 aromatic carbocycles. The summed E-state index contributed by atoms with van der Waals surface area (Å²) in [6.45, 7) is 0.324. The van der Waals surface area contributed by atoms with Crippen LogP contribution in [0, 0.1) is 10.1 Å². The summed E-state index contributed by atoms with van der Waals surface area (Å²) >= 11 is 5.81. The predicted octanol–water partition coefficient (Wildman–Crippen LogP) is 2.88. The predicted molar refractivity (Wildman–Crippen MR) is 65.1 cm³/mol. The number of hydrogen-bond donors (Lipinski definition) is 1. The van der Waals surface area contributed by atoms with Gasteiger partial charge in [0.2, 0.25) is 0 Å². The van der Waals surface area contributed by atoms with Crippen molar-refractivity contribution in [2.75, 3.05) is 6.61 Å². The summed E-state index contributed by atoms with van der Waals surface area (Å²) in [6.07, 6.45) is 1.19. The first-order valence-electron chi connectivity index (χ1n) is 5.29. The van der Waals surface area contributed by atoms with Gasteiger partial charge in [0.1, 0.15) is 5.75 Å². The fraction of sp³-hybridized carbons (Fsp3) is 0.364.